The summed E-state index contributed by atoms with van der Waals surface area (Å²) in [6.07, 6.45) is 0. The van der Waals surface area contributed by atoms with Gasteiger partial charge in [-0.2, -0.15) is 4.31 Å². The van der Waals surface area contributed by atoms with Gasteiger partial charge in [0.1, 0.15) is 5.75 Å². The predicted molar refractivity (Wildman–Crippen MR) is 77.8 cm³/mol. The molecule has 1 heterocycles. The lowest BCUT2D eigenvalue weighted by Crippen LogP contribution is -2.47. The minimum atomic E-state index is -3.62. The van der Waals surface area contributed by atoms with Crippen molar-refractivity contribution < 1.29 is 17.9 Å². The molecule has 1 amide bonds. The minimum Gasteiger partial charge on any atom is -0.496 e. The van der Waals surface area contributed by atoms with E-state index in [1.165, 1.54) is 29.6 Å². The molecule has 0 bridgehead atoms. The molecule has 1 aliphatic heterocycles. The van der Waals surface area contributed by atoms with E-state index in [0.29, 0.717) is 26.2 Å². The van der Waals surface area contributed by atoms with Crippen molar-refractivity contribution in [1.29, 1.82) is 0 Å². The van der Waals surface area contributed by atoms with Crippen molar-refractivity contribution in [3.05, 3.63) is 23.8 Å². The van der Waals surface area contributed by atoms with Gasteiger partial charge in [-0.3, -0.25) is 4.79 Å². The van der Waals surface area contributed by atoms with Crippen LogP contribution in [0.5, 0.6) is 5.75 Å². The van der Waals surface area contributed by atoms with E-state index in [4.69, 9.17) is 10.5 Å². The molecule has 2 rings (SSSR count). The fourth-order valence-corrected chi connectivity index (χ4v) is 3.67. The predicted octanol–water partition coefficient (Wildman–Crippen LogP) is -0.270. The monoisotopic (exact) mass is 313 g/mol. The first-order chi connectivity index (χ1) is 9.86. The van der Waals surface area contributed by atoms with Gasteiger partial charge in [0.05, 0.1) is 17.6 Å². The number of ether oxygens (including phenoxy) is 1. The fraction of sp³-hybridized carbons (Fsp3) is 0.462. The lowest BCUT2D eigenvalue weighted by Gasteiger charge is -2.31. The van der Waals surface area contributed by atoms with E-state index in [1.54, 1.807) is 0 Å². The van der Waals surface area contributed by atoms with E-state index < -0.39 is 15.9 Å². The molecule has 7 nitrogen and oxygen atoms in total. The van der Waals surface area contributed by atoms with Crippen LogP contribution in [0.25, 0.3) is 0 Å². The molecule has 2 N–H and O–H groups in total. The highest BCUT2D eigenvalue weighted by Gasteiger charge is 2.28. The van der Waals surface area contributed by atoms with Crippen molar-refractivity contribution in [3.63, 3.8) is 0 Å². The van der Waals surface area contributed by atoms with E-state index in [2.05, 4.69) is 4.90 Å². The number of hydrogen-bond acceptors (Lipinski definition) is 5. The number of rotatable bonds is 4. The second kappa shape index (κ2) is 6.00. The van der Waals surface area contributed by atoms with Crippen molar-refractivity contribution in [2.75, 3.05) is 40.3 Å². The Balaban J connectivity index is 2.36. The maximum absolute atomic E-state index is 12.6. The zero-order chi connectivity index (χ0) is 15.6. The first kappa shape index (κ1) is 15.7. The molecular weight excluding hydrogens is 294 g/mol. The summed E-state index contributed by atoms with van der Waals surface area (Å²) in [4.78, 5) is 13.5. The van der Waals surface area contributed by atoms with Gasteiger partial charge >= 0.3 is 0 Å². The van der Waals surface area contributed by atoms with Gasteiger partial charge in [0.15, 0.2) is 0 Å². The molecule has 1 aromatic carbocycles. The first-order valence-electron chi connectivity index (χ1n) is 6.53. The highest BCUT2D eigenvalue weighted by atomic mass is 32.2. The van der Waals surface area contributed by atoms with Gasteiger partial charge < -0.3 is 15.4 Å². The van der Waals surface area contributed by atoms with E-state index in [-0.39, 0.29) is 16.2 Å². The maximum atomic E-state index is 12.6. The number of amides is 1. The number of nitrogens with two attached hydrogens (primary N) is 1. The van der Waals surface area contributed by atoms with E-state index >= 15 is 0 Å². The zero-order valence-electron chi connectivity index (χ0n) is 12.1. The summed E-state index contributed by atoms with van der Waals surface area (Å²) >= 11 is 0. The second-order valence-electron chi connectivity index (χ2n) is 4.93. The smallest absolute Gasteiger partial charge is 0.252 e. The third-order valence-electron chi connectivity index (χ3n) is 3.54. The molecule has 0 radical (unpaired) electrons. The van der Waals surface area contributed by atoms with Crippen molar-refractivity contribution in [2.45, 2.75) is 4.90 Å². The number of hydrogen-bond donors (Lipinski definition) is 1. The standard InChI is InChI=1S/C13H19N3O4S/c1-15-5-7-16(8-6-15)21(18,19)10-3-4-12(20-2)11(9-10)13(14)17/h3-4,9H,5-8H2,1-2H3,(H2,14,17). The molecule has 1 fully saturated rings. The quantitative estimate of drug-likeness (QED) is 0.826. The number of piperazine rings is 1. The van der Waals surface area contributed by atoms with Crippen molar-refractivity contribution >= 4 is 15.9 Å². The molecule has 0 unspecified atom stereocenters. The average Bonchev–Trinajstić information content (AvgIpc) is 2.46. The molecule has 1 aliphatic rings. The highest BCUT2D eigenvalue weighted by Crippen LogP contribution is 2.24. The number of nitrogens with zero attached hydrogens (tertiary/aromatic N) is 2. The SMILES string of the molecule is COc1ccc(S(=O)(=O)N2CCN(C)CC2)cc1C(N)=O. The largest absolute Gasteiger partial charge is 0.496 e. The van der Waals surface area contributed by atoms with Crippen molar-refractivity contribution in [1.82, 2.24) is 9.21 Å². The highest BCUT2D eigenvalue weighted by molar-refractivity contribution is 7.89. The van der Waals surface area contributed by atoms with Crippen LogP contribution in [0.2, 0.25) is 0 Å². The summed E-state index contributed by atoms with van der Waals surface area (Å²) in [5, 5.41) is 0. The molecule has 0 spiro atoms. The molecule has 0 aliphatic carbocycles. The van der Waals surface area contributed by atoms with Crippen LogP contribution >= 0.6 is 0 Å². The Kier molecular flexibility index (Phi) is 4.50. The average molecular weight is 313 g/mol. The Hall–Kier alpha value is -1.64. The molecule has 0 atom stereocenters. The first-order valence-corrected chi connectivity index (χ1v) is 7.97. The van der Waals surface area contributed by atoms with Gasteiger partial charge in [0, 0.05) is 26.2 Å². The molecule has 0 aromatic heterocycles. The fourth-order valence-electron chi connectivity index (χ4n) is 2.22. The normalized spacial score (nSPS) is 17.6. The van der Waals surface area contributed by atoms with Crippen LogP contribution in [0, 0.1) is 0 Å². The maximum Gasteiger partial charge on any atom is 0.252 e. The topological polar surface area (TPSA) is 92.9 Å². The van der Waals surface area contributed by atoms with Gasteiger partial charge in [-0.25, -0.2) is 8.42 Å². The number of likely N-dealkylation sites (N-methyl/N-ethyl adjacent to an activating group) is 1. The van der Waals surface area contributed by atoms with Gasteiger partial charge in [-0.15, -0.1) is 0 Å². The van der Waals surface area contributed by atoms with Crippen LogP contribution in [0.4, 0.5) is 0 Å². The third-order valence-corrected chi connectivity index (χ3v) is 5.43. The Morgan fingerprint density at radius 2 is 1.86 bits per heavy atom. The minimum absolute atomic E-state index is 0.0571. The molecule has 116 valence electrons. The molecule has 0 saturated carbocycles. The Morgan fingerprint density at radius 3 is 2.38 bits per heavy atom. The number of carbonyl (C=O) groups is 1. The van der Waals surface area contributed by atoms with Crippen LogP contribution in [0.1, 0.15) is 10.4 Å². The number of primary amides is 1. The lowest BCUT2D eigenvalue weighted by atomic mass is 10.2. The van der Waals surface area contributed by atoms with Gasteiger partial charge in [-0.1, -0.05) is 0 Å². The van der Waals surface area contributed by atoms with Crippen LogP contribution < -0.4 is 10.5 Å². The van der Waals surface area contributed by atoms with E-state index in [9.17, 15) is 13.2 Å². The van der Waals surface area contributed by atoms with E-state index in [0.717, 1.165) is 0 Å². The van der Waals surface area contributed by atoms with Crippen LogP contribution in [0.15, 0.2) is 23.1 Å². The van der Waals surface area contributed by atoms with E-state index in [1.807, 2.05) is 7.05 Å². The van der Waals surface area contributed by atoms with Gasteiger partial charge in [-0.05, 0) is 25.2 Å². The number of methoxy groups -OCH3 is 1. The molecular formula is C13H19N3O4S. The number of sulfonamides is 1. The second-order valence-corrected chi connectivity index (χ2v) is 6.87. The zero-order valence-corrected chi connectivity index (χ0v) is 12.9. The van der Waals surface area contributed by atoms with Crippen LogP contribution in [-0.4, -0.2) is 63.9 Å². The van der Waals surface area contributed by atoms with Crippen molar-refractivity contribution in [3.8, 4) is 5.75 Å². The summed E-state index contributed by atoms with van der Waals surface area (Å²) in [6, 6.07) is 4.15. The third kappa shape index (κ3) is 3.17. The summed E-state index contributed by atoms with van der Waals surface area (Å²) in [5.41, 5.74) is 5.33. The molecule has 1 saturated heterocycles. The number of carbonyl (C=O) groups excluding carboxylic acids is 1. The summed E-state index contributed by atoms with van der Waals surface area (Å²) in [7, 11) is -0.277. The molecule has 1 aromatic rings. The Morgan fingerprint density at radius 1 is 1.24 bits per heavy atom. The summed E-state index contributed by atoms with van der Waals surface area (Å²) < 4.78 is 31.6. The van der Waals surface area contributed by atoms with Crippen molar-refractivity contribution in [2.24, 2.45) is 5.73 Å². The van der Waals surface area contributed by atoms with Crippen LogP contribution in [0.3, 0.4) is 0 Å². The molecule has 8 heteroatoms. The Labute approximate surface area is 124 Å². The summed E-state index contributed by atoms with van der Waals surface area (Å²) in [5.74, 6) is -0.456. The van der Waals surface area contributed by atoms with Gasteiger partial charge in [0.2, 0.25) is 10.0 Å². The molecule has 21 heavy (non-hydrogen) atoms. The van der Waals surface area contributed by atoms with Crippen LogP contribution in [-0.2, 0) is 10.0 Å². The summed E-state index contributed by atoms with van der Waals surface area (Å²) in [6.45, 7) is 2.21. The Bertz CT molecular complexity index is 637. The van der Waals surface area contributed by atoms with Gasteiger partial charge in [0.25, 0.3) is 5.91 Å². The lowest BCUT2D eigenvalue weighted by molar-refractivity contribution is 0.0997. The number of benzene rings is 1.